The average Bonchev–Trinajstić information content (AvgIpc) is 2.42. The van der Waals surface area contributed by atoms with Crippen LogP contribution in [0.4, 0.5) is 5.69 Å². The Morgan fingerprint density at radius 2 is 1.95 bits per heavy atom. The number of likely N-dealkylation sites (tertiary alicyclic amines) is 1. The molecule has 20 heavy (non-hydrogen) atoms. The highest BCUT2D eigenvalue weighted by molar-refractivity contribution is 9.10. The van der Waals surface area contributed by atoms with E-state index in [9.17, 15) is 9.59 Å². The summed E-state index contributed by atoms with van der Waals surface area (Å²) in [4.78, 5) is 25.3. The number of benzene rings is 1. The van der Waals surface area contributed by atoms with Crippen LogP contribution in [0.15, 0.2) is 22.7 Å². The lowest BCUT2D eigenvalue weighted by atomic mass is 9.96. The van der Waals surface area contributed by atoms with Crippen LogP contribution in [0.5, 0.6) is 0 Å². The number of carbonyl (C=O) groups is 2. The Kier molecular flexibility index (Phi) is 4.81. The first-order valence-corrected chi connectivity index (χ1v) is 7.59. The minimum absolute atomic E-state index is 0.0150. The summed E-state index contributed by atoms with van der Waals surface area (Å²) in [6, 6.07) is 5.86. The van der Waals surface area contributed by atoms with Crippen LogP contribution in [0.3, 0.4) is 0 Å². The lowest BCUT2D eigenvalue weighted by molar-refractivity contribution is -0.132. The molecule has 1 aliphatic heterocycles. The molecule has 2 amide bonds. The fourth-order valence-electron chi connectivity index (χ4n) is 2.41. The highest BCUT2D eigenvalue weighted by Gasteiger charge is 2.26. The second kappa shape index (κ2) is 6.39. The van der Waals surface area contributed by atoms with E-state index >= 15 is 0 Å². The van der Waals surface area contributed by atoms with Crippen molar-refractivity contribution in [3.8, 4) is 0 Å². The van der Waals surface area contributed by atoms with Crippen LogP contribution in [0, 0.1) is 12.8 Å². The summed E-state index contributed by atoms with van der Waals surface area (Å²) in [6.45, 7) is 4.92. The first-order valence-electron chi connectivity index (χ1n) is 6.80. The molecule has 2 rings (SSSR count). The predicted octanol–water partition coefficient (Wildman–Crippen LogP) is 2.95. The fraction of sp³-hybridized carbons (Fsp3) is 0.467. The summed E-state index contributed by atoms with van der Waals surface area (Å²) < 4.78 is 0.895. The van der Waals surface area contributed by atoms with Gasteiger partial charge in [-0.1, -0.05) is 6.07 Å². The van der Waals surface area contributed by atoms with Crippen molar-refractivity contribution in [1.29, 1.82) is 0 Å². The van der Waals surface area contributed by atoms with Crippen molar-refractivity contribution < 1.29 is 9.59 Å². The Bertz CT molecular complexity index is 523. The molecule has 1 N–H and O–H groups in total. The largest absolute Gasteiger partial charge is 0.343 e. The molecular weight excluding hydrogens is 320 g/mol. The number of hydrogen-bond donors (Lipinski definition) is 1. The molecule has 1 aromatic carbocycles. The number of anilines is 1. The SMILES string of the molecule is CC(=O)N1CCC(C(=O)Nc2ccc(C)cc2Br)CC1. The molecule has 0 spiro atoms. The van der Waals surface area contributed by atoms with Crippen LogP contribution >= 0.6 is 15.9 Å². The second-order valence-electron chi connectivity index (χ2n) is 5.25. The van der Waals surface area contributed by atoms with Gasteiger partial charge in [0.1, 0.15) is 0 Å². The van der Waals surface area contributed by atoms with Gasteiger partial charge in [-0.25, -0.2) is 0 Å². The molecule has 0 unspecified atom stereocenters. The van der Waals surface area contributed by atoms with Crippen LogP contribution < -0.4 is 5.32 Å². The summed E-state index contributed by atoms with van der Waals surface area (Å²) >= 11 is 3.46. The quantitative estimate of drug-likeness (QED) is 0.901. The summed E-state index contributed by atoms with van der Waals surface area (Å²) in [7, 11) is 0. The topological polar surface area (TPSA) is 49.4 Å². The van der Waals surface area contributed by atoms with Gasteiger partial charge in [0.05, 0.1) is 5.69 Å². The molecule has 1 saturated heterocycles. The predicted molar refractivity (Wildman–Crippen MR) is 82.5 cm³/mol. The van der Waals surface area contributed by atoms with Crippen molar-refractivity contribution >= 4 is 33.4 Å². The monoisotopic (exact) mass is 338 g/mol. The third-order valence-electron chi connectivity index (χ3n) is 3.69. The first kappa shape index (κ1) is 15.0. The van der Waals surface area contributed by atoms with E-state index < -0.39 is 0 Å². The fourth-order valence-corrected chi connectivity index (χ4v) is 3.01. The molecule has 108 valence electrons. The summed E-state index contributed by atoms with van der Waals surface area (Å²) in [5, 5.41) is 2.96. The van der Waals surface area contributed by atoms with E-state index in [-0.39, 0.29) is 17.7 Å². The zero-order valence-corrected chi connectivity index (χ0v) is 13.4. The zero-order valence-electron chi connectivity index (χ0n) is 11.8. The number of amides is 2. The van der Waals surface area contributed by atoms with Crippen LogP contribution in [0.25, 0.3) is 0 Å². The minimum atomic E-state index is -0.0150. The zero-order chi connectivity index (χ0) is 14.7. The third kappa shape index (κ3) is 3.60. The van der Waals surface area contributed by atoms with Crippen molar-refractivity contribution in [1.82, 2.24) is 4.90 Å². The highest BCUT2D eigenvalue weighted by atomic mass is 79.9. The van der Waals surface area contributed by atoms with Crippen LogP contribution in [0.1, 0.15) is 25.3 Å². The van der Waals surface area contributed by atoms with Gasteiger partial charge in [-0.3, -0.25) is 9.59 Å². The first-order chi connectivity index (χ1) is 9.47. The van der Waals surface area contributed by atoms with Crippen LogP contribution in [-0.4, -0.2) is 29.8 Å². The molecule has 0 bridgehead atoms. The summed E-state index contributed by atoms with van der Waals surface area (Å²) in [6.07, 6.45) is 1.46. The highest BCUT2D eigenvalue weighted by Crippen LogP contribution is 2.25. The van der Waals surface area contributed by atoms with E-state index in [4.69, 9.17) is 0 Å². The van der Waals surface area contributed by atoms with Crippen molar-refractivity contribution in [2.45, 2.75) is 26.7 Å². The maximum absolute atomic E-state index is 12.2. The Balaban J connectivity index is 1.94. The average molecular weight is 339 g/mol. The van der Waals surface area contributed by atoms with E-state index in [0.29, 0.717) is 13.1 Å². The lowest BCUT2D eigenvalue weighted by Crippen LogP contribution is -2.40. The van der Waals surface area contributed by atoms with Gasteiger partial charge in [-0.15, -0.1) is 0 Å². The molecule has 1 aliphatic rings. The molecule has 4 nitrogen and oxygen atoms in total. The molecule has 0 saturated carbocycles. The molecule has 0 aromatic heterocycles. The lowest BCUT2D eigenvalue weighted by Gasteiger charge is -2.30. The number of aryl methyl sites for hydroxylation is 1. The van der Waals surface area contributed by atoms with Gasteiger partial charge in [0.25, 0.3) is 0 Å². The molecule has 0 atom stereocenters. The molecule has 0 radical (unpaired) electrons. The van der Waals surface area contributed by atoms with Crippen molar-refractivity contribution in [2.75, 3.05) is 18.4 Å². The second-order valence-corrected chi connectivity index (χ2v) is 6.11. The smallest absolute Gasteiger partial charge is 0.227 e. The number of nitrogens with zero attached hydrogens (tertiary/aromatic N) is 1. The normalized spacial score (nSPS) is 16.1. The number of halogens is 1. The van der Waals surface area contributed by atoms with E-state index in [1.165, 1.54) is 0 Å². The standard InChI is InChI=1S/C15H19BrN2O2/c1-10-3-4-14(13(16)9-10)17-15(20)12-5-7-18(8-6-12)11(2)19/h3-4,9,12H,5-8H2,1-2H3,(H,17,20). The van der Waals surface area contributed by atoms with Gasteiger partial charge in [0.15, 0.2) is 0 Å². The van der Waals surface area contributed by atoms with E-state index in [2.05, 4.69) is 21.2 Å². The minimum Gasteiger partial charge on any atom is -0.343 e. The van der Waals surface area contributed by atoms with Crippen molar-refractivity contribution in [3.05, 3.63) is 28.2 Å². The summed E-state index contributed by atoms with van der Waals surface area (Å²) in [5.74, 6) is 0.113. The summed E-state index contributed by atoms with van der Waals surface area (Å²) in [5.41, 5.74) is 1.94. The van der Waals surface area contributed by atoms with E-state index in [0.717, 1.165) is 28.6 Å². The number of rotatable bonds is 2. The van der Waals surface area contributed by atoms with Gasteiger partial charge in [-0.05, 0) is 53.4 Å². The van der Waals surface area contributed by atoms with Gasteiger partial charge >= 0.3 is 0 Å². The Labute approximate surface area is 127 Å². The number of piperidine rings is 1. The number of nitrogens with one attached hydrogen (secondary N) is 1. The van der Waals surface area contributed by atoms with E-state index in [1.54, 1.807) is 11.8 Å². The number of hydrogen-bond acceptors (Lipinski definition) is 2. The number of carbonyl (C=O) groups excluding carboxylic acids is 2. The Hall–Kier alpha value is -1.36. The van der Waals surface area contributed by atoms with Crippen LogP contribution in [0.2, 0.25) is 0 Å². The van der Waals surface area contributed by atoms with Crippen molar-refractivity contribution in [3.63, 3.8) is 0 Å². The molecule has 1 fully saturated rings. The van der Waals surface area contributed by atoms with Crippen molar-refractivity contribution in [2.24, 2.45) is 5.92 Å². The van der Waals surface area contributed by atoms with Gasteiger partial charge in [-0.2, -0.15) is 0 Å². The van der Waals surface area contributed by atoms with Crippen LogP contribution in [-0.2, 0) is 9.59 Å². The molecule has 5 heteroatoms. The Morgan fingerprint density at radius 3 is 2.50 bits per heavy atom. The maximum atomic E-state index is 12.2. The molecule has 1 aromatic rings. The van der Waals surface area contributed by atoms with Gasteiger partial charge < -0.3 is 10.2 Å². The van der Waals surface area contributed by atoms with Gasteiger partial charge in [0, 0.05) is 30.4 Å². The molecule has 1 heterocycles. The maximum Gasteiger partial charge on any atom is 0.227 e. The molecule has 0 aliphatic carbocycles. The Morgan fingerprint density at radius 1 is 1.30 bits per heavy atom. The molecular formula is C15H19BrN2O2. The van der Waals surface area contributed by atoms with Gasteiger partial charge in [0.2, 0.25) is 11.8 Å². The third-order valence-corrected chi connectivity index (χ3v) is 4.35. The van der Waals surface area contributed by atoms with E-state index in [1.807, 2.05) is 25.1 Å².